The molecule has 0 aliphatic heterocycles. The lowest BCUT2D eigenvalue weighted by Crippen LogP contribution is -2.45. The lowest BCUT2D eigenvalue weighted by atomic mass is 9.58. The minimum Gasteiger partial charge on any atom is -0.410 e. The third-order valence-electron chi connectivity index (χ3n) is 10.1. The van der Waals surface area contributed by atoms with E-state index in [9.17, 15) is 22.4 Å². The highest BCUT2D eigenvalue weighted by atomic mass is 28.4. The Labute approximate surface area is 254 Å². The van der Waals surface area contributed by atoms with E-state index in [4.69, 9.17) is 4.43 Å². The molecular formula is C36H42F4O2Si. The van der Waals surface area contributed by atoms with Crippen LogP contribution in [0, 0.1) is 11.2 Å². The average Bonchev–Trinajstić information content (AvgIpc) is 2.90. The highest BCUT2D eigenvalue weighted by Crippen LogP contribution is 2.58. The minimum absolute atomic E-state index is 0.0306. The Balaban J connectivity index is 1.79. The molecule has 230 valence electrons. The van der Waals surface area contributed by atoms with E-state index in [2.05, 4.69) is 39.9 Å². The quantitative estimate of drug-likeness (QED) is 0.158. The molecule has 0 bridgehead atoms. The van der Waals surface area contributed by atoms with Gasteiger partial charge in [0.05, 0.1) is 11.7 Å². The van der Waals surface area contributed by atoms with Crippen molar-refractivity contribution >= 4 is 14.1 Å². The number of rotatable bonds is 6. The fourth-order valence-electron chi connectivity index (χ4n) is 6.52. The number of hydrogen-bond donors (Lipinski definition) is 0. The second-order valence-corrected chi connectivity index (χ2v) is 19.2. The van der Waals surface area contributed by atoms with Crippen LogP contribution in [0.3, 0.4) is 0 Å². The van der Waals surface area contributed by atoms with Crippen molar-refractivity contribution in [1.29, 1.82) is 0 Å². The molecule has 0 amide bonds. The van der Waals surface area contributed by atoms with Gasteiger partial charge in [-0.25, -0.2) is 4.39 Å². The molecule has 0 aromatic heterocycles. The third-order valence-corrected chi connectivity index (χ3v) is 14.6. The fraction of sp³-hybridized carbons (Fsp3) is 0.472. The van der Waals surface area contributed by atoms with E-state index in [0.29, 0.717) is 11.1 Å². The van der Waals surface area contributed by atoms with Crippen molar-refractivity contribution in [3.05, 3.63) is 93.8 Å². The Morgan fingerprint density at radius 3 is 2.07 bits per heavy atom. The van der Waals surface area contributed by atoms with E-state index in [1.54, 1.807) is 12.1 Å². The molecule has 2 aliphatic carbocycles. The number of halogens is 4. The van der Waals surface area contributed by atoms with Crippen LogP contribution in [0.25, 0.3) is 11.1 Å². The third kappa shape index (κ3) is 5.99. The van der Waals surface area contributed by atoms with Gasteiger partial charge in [0.25, 0.3) is 0 Å². The summed E-state index contributed by atoms with van der Waals surface area (Å²) in [5.41, 5.74) is 4.45. The number of carbonyl (C=O) groups excluding carboxylic acids is 1. The minimum atomic E-state index is -4.50. The van der Waals surface area contributed by atoms with E-state index < -0.39 is 20.1 Å². The van der Waals surface area contributed by atoms with Gasteiger partial charge in [-0.05, 0) is 107 Å². The van der Waals surface area contributed by atoms with Crippen LogP contribution in [-0.4, -0.2) is 14.1 Å². The second kappa shape index (κ2) is 11.0. The summed E-state index contributed by atoms with van der Waals surface area (Å²) in [4.78, 5) is 14.4. The number of alkyl halides is 3. The molecule has 43 heavy (non-hydrogen) atoms. The van der Waals surface area contributed by atoms with Crippen molar-refractivity contribution in [2.24, 2.45) is 5.41 Å². The SMILES string of the molecule is CC(C)c1cc2c(c(-c3ccc(F)cc3)c1C(=O)c1ccc(C(F)(F)F)cc1)[C@@H](O[Si](C)(C)C(C)(C)C)CC1(CCC1)C2. The Hall–Kier alpha value is -2.77. The Morgan fingerprint density at radius 2 is 1.58 bits per heavy atom. The van der Waals surface area contributed by atoms with E-state index in [0.717, 1.165) is 54.5 Å². The molecule has 1 fully saturated rings. The van der Waals surface area contributed by atoms with Crippen LogP contribution in [0.15, 0.2) is 54.6 Å². The van der Waals surface area contributed by atoms with Crippen molar-refractivity contribution in [3.63, 3.8) is 0 Å². The van der Waals surface area contributed by atoms with Crippen molar-refractivity contribution in [2.45, 2.75) is 103 Å². The van der Waals surface area contributed by atoms with Gasteiger partial charge in [-0.1, -0.05) is 71.4 Å². The predicted molar refractivity (Wildman–Crippen MR) is 166 cm³/mol. The topological polar surface area (TPSA) is 26.3 Å². The average molecular weight is 611 g/mol. The molecule has 0 heterocycles. The molecule has 3 aromatic rings. The summed E-state index contributed by atoms with van der Waals surface area (Å²) in [6.45, 7) is 15.2. The van der Waals surface area contributed by atoms with E-state index in [1.165, 1.54) is 36.2 Å². The maximum Gasteiger partial charge on any atom is 0.416 e. The van der Waals surface area contributed by atoms with E-state index >= 15 is 0 Å². The first-order valence-electron chi connectivity index (χ1n) is 15.3. The molecule has 5 rings (SSSR count). The van der Waals surface area contributed by atoms with Gasteiger partial charge < -0.3 is 4.43 Å². The lowest BCUT2D eigenvalue weighted by Gasteiger charge is -2.51. The summed E-state index contributed by atoms with van der Waals surface area (Å²) in [5.74, 6) is -0.748. The smallest absolute Gasteiger partial charge is 0.410 e. The molecule has 0 radical (unpaired) electrons. The number of ketones is 1. The molecule has 0 unspecified atom stereocenters. The summed E-state index contributed by atoms with van der Waals surface area (Å²) in [5, 5.41) is -0.0375. The van der Waals surface area contributed by atoms with Crippen LogP contribution in [0.5, 0.6) is 0 Å². The van der Waals surface area contributed by atoms with Crippen LogP contribution in [0.2, 0.25) is 18.1 Å². The van der Waals surface area contributed by atoms with Crippen molar-refractivity contribution < 1.29 is 26.8 Å². The van der Waals surface area contributed by atoms with Crippen LogP contribution < -0.4 is 0 Å². The zero-order valence-electron chi connectivity index (χ0n) is 26.2. The number of benzene rings is 3. The molecule has 1 saturated carbocycles. The molecule has 2 nitrogen and oxygen atoms in total. The zero-order valence-corrected chi connectivity index (χ0v) is 27.2. The highest BCUT2D eigenvalue weighted by molar-refractivity contribution is 6.74. The normalized spacial score (nSPS) is 18.5. The summed E-state index contributed by atoms with van der Waals surface area (Å²) < 4.78 is 61.5. The van der Waals surface area contributed by atoms with Gasteiger partial charge in [0.15, 0.2) is 14.1 Å². The Kier molecular flexibility index (Phi) is 8.09. The molecule has 3 aromatic carbocycles. The predicted octanol–water partition coefficient (Wildman–Crippen LogP) is 11.0. The first kappa shape index (κ1) is 31.6. The summed E-state index contributed by atoms with van der Waals surface area (Å²) in [6.07, 6.45) is 0.469. The van der Waals surface area contributed by atoms with Crippen molar-refractivity contribution in [2.75, 3.05) is 0 Å². The van der Waals surface area contributed by atoms with Gasteiger partial charge in [-0.3, -0.25) is 4.79 Å². The van der Waals surface area contributed by atoms with Crippen molar-refractivity contribution in [1.82, 2.24) is 0 Å². The van der Waals surface area contributed by atoms with Gasteiger partial charge in [0, 0.05) is 11.1 Å². The van der Waals surface area contributed by atoms with Gasteiger partial charge in [0.1, 0.15) is 5.82 Å². The first-order valence-corrected chi connectivity index (χ1v) is 18.2. The molecule has 0 saturated heterocycles. The summed E-state index contributed by atoms with van der Waals surface area (Å²) >= 11 is 0. The lowest BCUT2D eigenvalue weighted by molar-refractivity contribution is -0.137. The number of carbonyl (C=O) groups is 1. The molecule has 1 spiro atoms. The van der Waals surface area contributed by atoms with Crippen LogP contribution >= 0.6 is 0 Å². The largest absolute Gasteiger partial charge is 0.416 e. The van der Waals surface area contributed by atoms with E-state index in [-0.39, 0.29) is 39.6 Å². The Morgan fingerprint density at radius 1 is 0.977 bits per heavy atom. The maximum absolute atomic E-state index is 14.4. The molecule has 7 heteroatoms. The summed E-state index contributed by atoms with van der Waals surface area (Å²) in [6, 6.07) is 12.8. The number of hydrogen-bond acceptors (Lipinski definition) is 2. The van der Waals surface area contributed by atoms with Gasteiger partial charge >= 0.3 is 6.18 Å². The molecule has 0 N–H and O–H groups in total. The second-order valence-electron chi connectivity index (χ2n) is 14.5. The van der Waals surface area contributed by atoms with Crippen LogP contribution in [0.1, 0.15) is 110 Å². The van der Waals surface area contributed by atoms with E-state index in [1.807, 2.05) is 13.8 Å². The molecular weight excluding hydrogens is 568 g/mol. The van der Waals surface area contributed by atoms with Crippen LogP contribution in [-0.2, 0) is 17.0 Å². The van der Waals surface area contributed by atoms with Gasteiger partial charge in [0.2, 0.25) is 0 Å². The molecule has 1 atom stereocenters. The van der Waals surface area contributed by atoms with Crippen molar-refractivity contribution in [3.8, 4) is 11.1 Å². The first-order chi connectivity index (χ1) is 19.9. The highest BCUT2D eigenvalue weighted by Gasteiger charge is 2.48. The van der Waals surface area contributed by atoms with Gasteiger partial charge in [-0.15, -0.1) is 0 Å². The summed E-state index contributed by atoms with van der Waals surface area (Å²) in [7, 11) is -2.26. The maximum atomic E-state index is 14.4. The van der Waals surface area contributed by atoms with Gasteiger partial charge in [-0.2, -0.15) is 13.2 Å². The zero-order chi connectivity index (χ0) is 31.5. The monoisotopic (exact) mass is 610 g/mol. The fourth-order valence-corrected chi connectivity index (χ4v) is 7.79. The van der Waals surface area contributed by atoms with Crippen LogP contribution in [0.4, 0.5) is 17.6 Å². The standard InChI is InChI=1S/C36H42F4O2Si/c1-22(2)28-19-25-20-35(17-8-18-35)21-29(42-43(6,7)34(3,4)5)30(25)31(23-11-15-27(37)16-12-23)32(28)33(41)24-9-13-26(14-10-24)36(38,39)40/h9-16,19,22,29H,8,17-18,20-21H2,1-7H3/t29-/m0/s1. The Bertz CT molecular complexity index is 1510. The molecule has 2 aliphatic rings. The number of fused-ring (bicyclic) bond motifs is 1.